The Bertz CT molecular complexity index is 536. The van der Waals surface area contributed by atoms with Crippen LogP contribution in [0.2, 0.25) is 0 Å². The molecule has 0 saturated carbocycles. The number of aryl methyl sites for hydroxylation is 1. The second kappa shape index (κ2) is 5.91. The Morgan fingerprint density at radius 1 is 1.53 bits per heavy atom. The van der Waals surface area contributed by atoms with Gasteiger partial charge in [-0.1, -0.05) is 13.3 Å². The maximum absolute atomic E-state index is 12.7. The molecule has 1 fully saturated rings. The van der Waals surface area contributed by atoms with Crippen molar-refractivity contribution >= 4 is 21.4 Å². The molecule has 0 aliphatic carbocycles. The van der Waals surface area contributed by atoms with Gasteiger partial charge in [-0.3, -0.25) is 0 Å². The Balaban J connectivity index is 2.26. The summed E-state index contributed by atoms with van der Waals surface area (Å²) in [6, 6.07) is 0. The Labute approximate surface area is 119 Å². The largest absolute Gasteiger partial charge is 0.391 e. The predicted molar refractivity (Wildman–Crippen MR) is 76.8 cm³/mol. The quantitative estimate of drug-likeness (QED) is 0.908. The van der Waals surface area contributed by atoms with Crippen LogP contribution in [0, 0.1) is 12.8 Å². The topological polar surface area (TPSA) is 57.6 Å². The molecule has 1 aliphatic rings. The van der Waals surface area contributed by atoms with Crippen molar-refractivity contribution in [3.63, 3.8) is 0 Å². The van der Waals surface area contributed by atoms with Crippen molar-refractivity contribution in [2.45, 2.75) is 44.6 Å². The van der Waals surface area contributed by atoms with Gasteiger partial charge in [-0.15, -0.1) is 11.3 Å². The Morgan fingerprint density at radius 3 is 2.89 bits per heavy atom. The fraction of sp³-hybridized carbons (Fsp3) is 0.692. The summed E-state index contributed by atoms with van der Waals surface area (Å²) in [7, 11) is -3.44. The first kappa shape index (κ1) is 15.0. The standard InChI is InChI=1S/C13H21NO3S2/c1-3-4-11-5-6-14(7-11)19(16,17)13-10(2)9-18-12(13)8-15/h9,11,15H,3-8H2,1-2H3. The highest BCUT2D eigenvalue weighted by molar-refractivity contribution is 7.89. The molecule has 4 nitrogen and oxygen atoms in total. The van der Waals surface area contributed by atoms with Crippen LogP contribution < -0.4 is 0 Å². The van der Waals surface area contributed by atoms with Crippen LogP contribution in [-0.2, 0) is 16.6 Å². The fourth-order valence-electron chi connectivity index (χ4n) is 2.73. The summed E-state index contributed by atoms with van der Waals surface area (Å²) in [5.74, 6) is 0.483. The smallest absolute Gasteiger partial charge is 0.244 e. The molecule has 1 saturated heterocycles. The first-order valence-electron chi connectivity index (χ1n) is 6.68. The van der Waals surface area contributed by atoms with Gasteiger partial charge < -0.3 is 5.11 Å². The molecule has 19 heavy (non-hydrogen) atoms. The van der Waals surface area contributed by atoms with E-state index in [0.717, 1.165) is 24.8 Å². The summed E-state index contributed by atoms with van der Waals surface area (Å²) in [5.41, 5.74) is 0.744. The van der Waals surface area contributed by atoms with Gasteiger partial charge in [0.2, 0.25) is 10.0 Å². The minimum absolute atomic E-state index is 0.209. The number of hydrogen-bond donors (Lipinski definition) is 1. The van der Waals surface area contributed by atoms with Crippen LogP contribution in [-0.4, -0.2) is 30.9 Å². The SMILES string of the molecule is CCCC1CCN(S(=O)(=O)c2c(C)csc2CO)C1. The molecule has 0 radical (unpaired) electrons. The number of aliphatic hydroxyl groups excluding tert-OH is 1. The third kappa shape index (κ3) is 2.86. The molecule has 1 aliphatic heterocycles. The first-order valence-corrected chi connectivity index (χ1v) is 9.00. The lowest BCUT2D eigenvalue weighted by molar-refractivity contribution is 0.282. The summed E-state index contributed by atoms with van der Waals surface area (Å²) < 4.78 is 26.9. The van der Waals surface area contributed by atoms with E-state index in [2.05, 4.69) is 6.92 Å². The zero-order valence-electron chi connectivity index (χ0n) is 11.4. The maximum Gasteiger partial charge on any atom is 0.244 e. The van der Waals surface area contributed by atoms with E-state index in [9.17, 15) is 13.5 Å². The van der Waals surface area contributed by atoms with E-state index in [0.29, 0.717) is 28.8 Å². The number of hydrogen-bond acceptors (Lipinski definition) is 4. The van der Waals surface area contributed by atoms with Crippen LogP contribution in [0.4, 0.5) is 0 Å². The third-order valence-corrected chi connectivity index (χ3v) is 6.99. The summed E-state index contributed by atoms with van der Waals surface area (Å²) >= 11 is 1.32. The molecule has 0 amide bonds. The first-order chi connectivity index (χ1) is 9.00. The number of thiophene rings is 1. The average molecular weight is 303 g/mol. The highest BCUT2D eigenvalue weighted by Crippen LogP contribution is 2.33. The molecule has 1 aromatic heterocycles. The van der Waals surface area contributed by atoms with Gasteiger partial charge in [0.05, 0.1) is 11.5 Å². The van der Waals surface area contributed by atoms with Crippen LogP contribution in [0.3, 0.4) is 0 Å². The lowest BCUT2D eigenvalue weighted by Crippen LogP contribution is -2.29. The molecule has 2 rings (SSSR count). The van der Waals surface area contributed by atoms with E-state index in [4.69, 9.17) is 0 Å². The Hall–Kier alpha value is -0.430. The van der Waals surface area contributed by atoms with Gasteiger partial charge in [0.1, 0.15) is 4.90 Å². The summed E-state index contributed by atoms with van der Waals surface area (Å²) in [6.07, 6.45) is 3.13. The number of rotatable bonds is 5. The van der Waals surface area contributed by atoms with Crippen molar-refractivity contribution in [1.29, 1.82) is 0 Å². The van der Waals surface area contributed by atoms with Gasteiger partial charge in [0.15, 0.2) is 0 Å². The van der Waals surface area contributed by atoms with Gasteiger partial charge in [0, 0.05) is 13.1 Å². The van der Waals surface area contributed by atoms with E-state index in [1.54, 1.807) is 16.6 Å². The second-order valence-corrected chi connectivity index (χ2v) is 7.97. The number of sulfonamides is 1. The third-order valence-electron chi connectivity index (χ3n) is 3.68. The molecule has 108 valence electrons. The molecular formula is C13H21NO3S2. The van der Waals surface area contributed by atoms with Crippen LogP contribution in [0.15, 0.2) is 10.3 Å². The molecule has 1 N–H and O–H groups in total. The molecule has 0 spiro atoms. The fourth-order valence-corrected chi connectivity index (χ4v) is 5.87. The van der Waals surface area contributed by atoms with Crippen molar-refractivity contribution in [3.8, 4) is 0 Å². The van der Waals surface area contributed by atoms with E-state index in [1.165, 1.54) is 11.3 Å². The Morgan fingerprint density at radius 2 is 2.26 bits per heavy atom. The molecule has 1 unspecified atom stereocenters. The number of nitrogens with zero attached hydrogens (tertiary/aromatic N) is 1. The summed E-state index contributed by atoms with van der Waals surface area (Å²) in [5, 5.41) is 11.1. The van der Waals surface area contributed by atoms with Crippen molar-refractivity contribution in [2.24, 2.45) is 5.92 Å². The normalized spacial score (nSPS) is 21.1. The van der Waals surface area contributed by atoms with Crippen LogP contribution >= 0.6 is 11.3 Å². The van der Waals surface area contributed by atoms with Crippen molar-refractivity contribution in [2.75, 3.05) is 13.1 Å². The van der Waals surface area contributed by atoms with E-state index < -0.39 is 10.0 Å². The zero-order valence-corrected chi connectivity index (χ0v) is 13.1. The molecule has 2 heterocycles. The minimum Gasteiger partial charge on any atom is -0.391 e. The van der Waals surface area contributed by atoms with Gasteiger partial charge in [-0.2, -0.15) is 4.31 Å². The van der Waals surface area contributed by atoms with Crippen molar-refractivity contribution in [1.82, 2.24) is 4.31 Å². The lowest BCUT2D eigenvalue weighted by atomic mass is 10.0. The minimum atomic E-state index is -3.44. The second-order valence-electron chi connectivity index (χ2n) is 5.14. The highest BCUT2D eigenvalue weighted by atomic mass is 32.2. The Kier molecular flexibility index (Phi) is 4.66. The van der Waals surface area contributed by atoms with E-state index in [1.807, 2.05) is 0 Å². The highest BCUT2D eigenvalue weighted by Gasteiger charge is 2.34. The van der Waals surface area contributed by atoms with Crippen molar-refractivity contribution in [3.05, 3.63) is 15.8 Å². The molecular weight excluding hydrogens is 282 g/mol. The van der Waals surface area contributed by atoms with Gasteiger partial charge in [-0.05, 0) is 36.6 Å². The molecule has 6 heteroatoms. The molecule has 0 bridgehead atoms. The molecule has 1 aromatic rings. The number of aliphatic hydroxyl groups is 1. The zero-order chi connectivity index (χ0) is 14.0. The van der Waals surface area contributed by atoms with Gasteiger partial charge in [0.25, 0.3) is 0 Å². The van der Waals surface area contributed by atoms with Gasteiger partial charge in [-0.25, -0.2) is 8.42 Å². The van der Waals surface area contributed by atoms with Crippen LogP contribution in [0.5, 0.6) is 0 Å². The van der Waals surface area contributed by atoms with Crippen molar-refractivity contribution < 1.29 is 13.5 Å². The van der Waals surface area contributed by atoms with Crippen LogP contribution in [0.1, 0.15) is 36.6 Å². The summed E-state index contributed by atoms with van der Waals surface area (Å²) in [6.45, 7) is 4.94. The monoisotopic (exact) mass is 303 g/mol. The molecule has 1 atom stereocenters. The predicted octanol–water partition coefficient (Wildman–Crippen LogP) is 2.36. The maximum atomic E-state index is 12.7. The van der Waals surface area contributed by atoms with E-state index in [-0.39, 0.29) is 6.61 Å². The lowest BCUT2D eigenvalue weighted by Gasteiger charge is -2.17. The van der Waals surface area contributed by atoms with Crippen LogP contribution in [0.25, 0.3) is 0 Å². The van der Waals surface area contributed by atoms with Gasteiger partial charge >= 0.3 is 0 Å². The van der Waals surface area contributed by atoms with E-state index >= 15 is 0 Å². The summed E-state index contributed by atoms with van der Waals surface area (Å²) in [4.78, 5) is 0.883. The average Bonchev–Trinajstić information content (AvgIpc) is 2.96. The molecule has 0 aromatic carbocycles.